The number of aromatic nitrogens is 2. The van der Waals surface area contributed by atoms with E-state index in [2.05, 4.69) is 45.1 Å². The van der Waals surface area contributed by atoms with Gasteiger partial charge in [-0.25, -0.2) is 4.68 Å². The van der Waals surface area contributed by atoms with E-state index in [1.54, 1.807) is 0 Å². The van der Waals surface area contributed by atoms with Crippen LogP contribution in [0.3, 0.4) is 0 Å². The fourth-order valence-corrected chi connectivity index (χ4v) is 3.71. The number of rotatable bonds is 4. The van der Waals surface area contributed by atoms with Crippen LogP contribution in [-0.4, -0.2) is 47.3 Å². The zero-order valence-corrected chi connectivity index (χ0v) is 18.5. The number of nitrogens with zero attached hydrogens (tertiary/aromatic N) is 3. The second-order valence-electron chi connectivity index (χ2n) is 8.71. The van der Waals surface area contributed by atoms with Gasteiger partial charge in [-0.15, -0.1) is 12.4 Å². The van der Waals surface area contributed by atoms with Crippen molar-refractivity contribution in [3.63, 3.8) is 0 Å². The van der Waals surface area contributed by atoms with Crippen LogP contribution in [0.2, 0.25) is 0 Å². The molecule has 0 saturated carbocycles. The number of nitrogens with one attached hydrogen (secondary N) is 1. The summed E-state index contributed by atoms with van der Waals surface area (Å²) in [5.41, 5.74) is 3.60. The standard InChI is InChI=1S/C22H32N4O.ClH/c1-16-6-8-18(9-7-16)26-15-19(20(24-26)22(2,3)4)21(27)25-12-10-17(11-13-25)14-23-5;/h6-9,15,17,23H,10-14H2,1-5H3;1H. The van der Waals surface area contributed by atoms with E-state index in [4.69, 9.17) is 5.10 Å². The van der Waals surface area contributed by atoms with E-state index in [1.807, 2.05) is 35.0 Å². The molecule has 2 heterocycles. The molecule has 1 amide bonds. The Morgan fingerprint density at radius 2 is 1.79 bits per heavy atom. The molecule has 154 valence electrons. The molecule has 1 aliphatic heterocycles. The van der Waals surface area contributed by atoms with Gasteiger partial charge >= 0.3 is 0 Å². The predicted octanol–water partition coefficient (Wildman–Crippen LogP) is 3.97. The molecule has 0 bridgehead atoms. The first-order valence-electron chi connectivity index (χ1n) is 9.90. The number of halogens is 1. The number of carbonyl (C=O) groups excluding carboxylic acids is 1. The van der Waals surface area contributed by atoms with Crippen molar-refractivity contribution < 1.29 is 4.79 Å². The summed E-state index contributed by atoms with van der Waals surface area (Å²) in [7, 11) is 1.99. The quantitative estimate of drug-likeness (QED) is 0.838. The molecule has 0 spiro atoms. The van der Waals surface area contributed by atoms with Gasteiger partial charge in [0.15, 0.2) is 0 Å². The molecule has 1 aliphatic rings. The molecule has 28 heavy (non-hydrogen) atoms. The van der Waals surface area contributed by atoms with Gasteiger partial charge in [-0.2, -0.15) is 5.10 Å². The Hall–Kier alpha value is -1.85. The molecule has 0 aliphatic carbocycles. The number of likely N-dealkylation sites (tertiary alicyclic amines) is 1. The first-order chi connectivity index (χ1) is 12.8. The van der Waals surface area contributed by atoms with E-state index >= 15 is 0 Å². The molecule has 1 saturated heterocycles. The molecule has 6 heteroatoms. The maximum atomic E-state index is 13.3. The van der Waals surface area contributed by atoms with Gasteiger partial charge in [-0.05, 0) is 51.4 Å². The number of hydrogen-bond acceptors (Lipinski definition) is 3. The molecule has 0 radical (unpaired) electrons. The first-order valence-corrected chi connectivity index (χ1v) is 9.90. The fourth-order valence-electron chi connectivity index (χ4n) is 3.71. The molecule has 5 nitrogen and oxygen atoms in total. The predicted molar refractivity (Wildman–Crippen MR) is 117 cm³/mol. The zero-order valence-electron chi connectivity index (χ0n) is 17.7. The monoisotopic (exact) mass is 404 g/mol. The van der Waals surface area contributed by atoms with E-state index in [0.717, 1.165) is 49.4 Å². The third kappa shape index (κ3) is 4.95. The van der Waals surface area contributed by atoms with Crippen LogP contribution in [0.25, 0.3) is 5.69 Å². The molecule has 1 aromatic heterocycles. The minimum Gasteiger partial charge on any atom is -0.339 e. The van der Waals surface area contributed by atoms with Gasteiger partial charge in [0, 0.05) is 24.7 Å². The Morgan fingerprint density at radius 3 is 2.32 bits per heavy atom. The van der Waals surface area contributed by atoms with Crippen LogP contribution in [0.4, 0.5) is 0 Å². The number of carbonyl (C=O) groups is 1. The van der Waals surface area contributed by atoms with Crippen LogP contribution in [0.15, 0.2) is 30.5 Å². The van der Waals surface area contributed by atoms with Gasteiger partial charge in [0.05, 0.1) is 16.9 Å². The lowest BCUT2D eigenvalue weighted by Crippen LogP contribution is -2.41. The van der Waals surface area contributed by atoms with E-state index in [9.17, 15) is 4.79 Å². The number of aryl methyl sites for hydroxylation is 1. The molecular formula is C22H33ClN4O. The van der Waals surface area contributed by atoms with Gasteiger partial charge in [-0.1, -0.05) is 38.5 Å². The summed E-state index contributed by atoms with van der Waals surface area (Å²) in [5.74, 6) is 0.776. The molecule has 2 aromatic rings. The maximum Gasteiger partial charge on any atom is 0.257 e. The van der Waals surface area contributed by atoms with Crippen molar-refractivity contribution in [3.05, 3.63) is 47.3 Å². The van der Waals surface area contributed by atoms with Crippen molar-refractivity contribution in [1.29, 1.82) is 0 Å². The number of amides is 1. The smallest absolute Gasteiger partial charge is 0.257 e. The highest BCUT2D eigenvalue weighted by Crippen LogP contribution is 2.28. The second-order valence-corrected chi connectivity index (χ2v) is 8.71. The van der Waals surface area contributed by atoms with Crippen molar-refractivity contribution in [2.75, 3.05) is 26.7 Å². The highest BCUT2D eigenvalue weighted by Gasteiger charge is 2.30. The van der Waals surface area contributed by atoms with Crippen LogP contribution < -0.4 is 5.32 Å². The van der Waals surface area contributed by atoms with Gasteiger partial charge in [0.2, 0.25) is 0 Å². The van der Waals surface area contributed by atoms with Crippen molar-refractivity contribution in [2.24, 2.45) is 5.92 Å². The van der Waals surface area contributed by atoms with Crippen molar-refractivity contribution in [3.8, 4) is 5.69 Å². The Morgan fingerprint density at radius 1 is 1.18 bits per heavy atom. The van der Waals surface area contributed by atoms with Crippen LogP contribution in [0.5, 0.6) is 0 Å². The first kappa shape index (κ1) is 22.4. The lowest BCUT2D eigenvalue weighted by molar-refractivity contribution is 0.0688. The largest absolute Gasteiger partial charge is 0.339 e. The van der Waals surface area contributed by atoms with Crippen molar-refractivity contribution >= 4 is 18.3 Å². The van der Waals surface area contributed by atoms with Crippen LogP contribution >= 0.6 is 12.4 Å². The molecule has 1 aromatic carbocycles. The molecular weight excluding hydrogens is 372 g/mol. The van der Waals surface area contributed by atoms with E-state index in [-0.39, 0.29) is 23.7 Å². The minimum atomic E-state index is -0.189. The summed E-state index contributed by atoms with van der Waals surface area (Å²) in [6.07, 6.45) is 4.03. The van der Waals surface area contributed by atoms with Crippen molar-refractivity contribution in [1.82, 2.24) is 20.0 Å². The Bertz CT molecular complexity index is 784. The topological polar surface area (TPSA) is 50.2 Å². The van der Waals surface area contributed by atoms with Crippen LogP contribution in [0, 0.1) is 12.8 Å². The molecule has 1 N–H and O–H groups in total. The highest BCUT2D eigenvalue weighted by atomic mass is 35.5. The summed E-state index contributed by atoms with van der Waals surface area (Å²) >= 11 is 0. The number of piperidine rings is 1. The zero-order chi connectivity index (χ0) is 19.6. The lowest BCUT2D eigenvalue weighted by Gasteiger charge is -2.32. The van der Waals surface area contributed by atoms with E-state index < -0.39 is 0 Å². The molecule has 0 unspecified atom stereocenters. The van der Waals surface area contributed by atoms with Gasteiger partial charge < -0.3 is 10.2 Å². The summed E-state index contributed by atoms with van der Waals surface area (Å²) in [6, 6.07) is 8.24. The van der Waals surface area contributed by atoms with E-state index in [1.165, 1.54) is 5.56 Å². The molecule has 0 atom stereocenters. The second kappa shape index (κ2) is 9.10. The van der Waals surface area contributed by atoms with E-state index in [0.29, 0.717) is 5.92 Å². The summed E-state index contributed by atoms with van der Waals surface area (Å²) in [5, 5.41) is 8.05. The molecule has 3 rings (SSSR count). The minimum absolute atomic E-state index is 0. The summed E-state index contributed by atoms with van der Waals surface area (Å²) < 4.78 is 1.85. The third-order valence-electron chi connectivity index (χ3n) is 5.35. The average molecular weight is 405 g/mol. The SMILES string of the molecule is CNCC1CCN(C(=O)c2cn(-c3ccc(C)cc3)nc2C(C)(C)C)CC1.Cl. The van der Waals surface area contributed by atoms with Crippen LogP contribution in [0.1, 0.15) is 55.2 Å². The Labute approximate surface area is 174 Å². The van der Waals surface area contributed by atoms with Gasteiger partial charge in [0.25, 0.3) is 5.91 Å². The Balaban J connectivity index is 0.00000280. The lowest BCUT2D eigenvalue weighted by atomic mass is 9.89. The maximum absolute atomic E-state index is 13.3. The summed E-state index contributed by atoms with van der Waals surface area (Å²) in [4.78, 5) is 15.3. The Kier molecular flexibility index (Phi) is 7.29. The van der Waals surface area contributed by atoms with Crippen LogP contribution in [-0.2, 0) is 5.41 Å². The van der Waals surface area contributed by atoms with Crippen molar-refractivity contribution in [2.45, 2.75) is 46.0 Å². The number of hydrogen-bond donors (Lipinski definition) is 1. The normalized spacial score (nSPS) is 15.4. The molecule has 1 fully saturated rings. The third-order valence-corrected chi connectivity index (χ3v) is 5.35. The highest BCUT2D eigenvalue weighted by molar-refractivity contribution is 5.95. The fraction of sp³-hybridized carbons (Fsp3) is 0.545. The van der Waals surface area contributed by atoms with Gasteiger partial charge in [0.1, 0.15) is 0 Å². The van der Waals surface area contributed by atoms with Gasteiger partial charge in [-0.3, -0.25) is 4.79 Å². The average Bonchev–Trinajstić information content (AvgIpc) is 3.08. The number of benzene rings is 1. The summed E-state index contributed by atoms with van der Waals surface area (Å²) in [6.45, 7) is 11.1.